The number of hydrogen-bond acceptors (Lipinski definition) is 2. The highest BCUT2D eigenvalue weighted by Gasteiger charge is 2.14. The van der Waals surface area contributed by atoms with Crippen LogP contribution in [0.4, 0.5) is 0 Å². The first kappa shape index (κ1) is 11.7. The van der Waals surface area contributed by atoms with Crippen molar-refractivity contribution in [1.29, 1.82) is 0 Å². The molecule has 1 aromatic carbocycles. The van der Waals surface area contributed by atoms with Crippen LogP contribution in [0.2, 0.25) is 0 Å². The van der Waals surface area contributed by atoms with E-state index in [4.69, 9.17) is 5.73 Å². The summed E-state index contributed by atoms with van der Waals surface area (Å²) in [5, 5.41) is 0. The van der Waals surface area contributed by atoms with Gasteiger partial charge in [0.25, 0.3) is 0 Å². The number of aryl methyl sites for hydroxylation is 1. The van der Waals surface area contributed by atoms with E-state index in [1.807, 2.05) is 18.9 Å². The van der Waals surface area contributed by atoms with Gasteiger partial charge in [-0.05, 0) is 26.5 Å². The van der Waals surface area contributed by atoms with Crippen molar-refractivity contribution in [3.63, 3.8) is 0 Å². The number of carbonyl (C=O) groups excluding carboxylic acids is 1. The van der Waals surface area contributed by atoms with Crippen LogP contribution < -0.4 is 5.73 Å². The Hall–Kier alpha value is -1.35. The molecule has 0 aliphatic carbocycles. The lowest BCUT2D eigenvalue weighted by Crippen LogP contribution is -2.39. The van der Waals surface area contributed by atoms with Crippen molar-refractivity contribution in [2.45, 2.75) is 26.4 Å². The molecule has 15 heavy (non-hydrogen) atoms. The maximum Gasteiger partial charge on any atom is 0.234 e. The van der Waals surface area contributed by atoms with Crippen LogP contribution >= 0.6 is 0 Å². The van der Waals surface area contributed by atoms with Crippen LogP contribution in [0.1, 0.15) is 18.1 Å². The molecule has 0 saturated heterocycles. The first-order chi connectivity index (χ1) is 7.00. The first-order valence-corrected chi connectivity index (χ1v) is 5.06. The zero-order valence-electron chi connectivity index (χ0n) is 9.53. The zero-order valence-corrected chi connectivity index (χ0v) is 9.53. The van der Waals surface area contributed by atoms with E-state index in [-0.39, 0.29) is 11.9 Å². The number of nitrogens with zero attached hydrogens (tertiary/aromatic N) is 1. The summed E-state index contributed by atoms with van der Waals surface area (Å²) in [6.45, 7) is 4.61. The van der Waals surface area contributed by atoms with Gasteiger partial charge in [-0.2, -0.15) is 0 Å². The molecule has 0 saturated carbocycles. The molecule has 0 aliphatic rings. The highest BCUT2D eigenvalue weighted by atomic mass is 16.1. The van der Waals surface area contributed by atoms with Gasteiger partial charge < -0.3 is 5.73 Å². The van der Waals surface area contributed by atoms with E-state index in [1.165, 1.54) is 11.1 Å². The third kappa shape index (κ3) is 3.36. The van der Waals surface area contributed by atoms with Gasteiger partial charge in [-0.25, -0.2) is 0 Å². The van der Waals surface area contributed by atoms with Gasteiger partial charge in [-0.3, -0.25) is 9.69 Å². The number of nitrogens with two attached hydrogens (primary N) is 1. The maximum atomic E-state index is 11.0. The Morgan fingerprint density at radius 1 is 1.40 bits per heavy atom. The Morgan fingerprint density at radius 3 is 2.40 bits per heavy atom. The quantitative estimate of drug-likeness (QED) is 0.807. The molecule has 2 N–H and O–H groups in total. The Bertz CT molecular complexity index is 332. The van der Waals surface area contributed by atoms with Gasteiger partial charge in [-0.15, -0.1) is 0 Å². The molecule has 0 fully saturated rings. The smallest absolute Gasteiger partial charge is 0.234 e. The lowest BCUT2D eigenvalue weighted by molar-refractivity contribution is -0.122. The van der Waals surface area contributed by atoms with Crippen LogP contribution in [0.5, 0.6) is 0 Å². The van der Waals surface area contributed by atoms with Crippen molar-refractivity contribution in [3.05, 3.63) is 35.4 Å². The fraction of sp³-hybridized carbons (Fsp3) is 0.417. The fourth-order valence-electron chi connectivity index (χ4n) is 1.34. The van der Waals surface area contributed by atoms with E-state index >= 15 is 0 Å². The predicted octanol–water partition coefficient (Wildman–Crippen LogP) is 1.30. The molecule has 3 nitrogen and oxygen atoms in total. The largest absolute Gasteiger partial charge is 0.368 e. The van der Waals surface area contributed by atoms with Gasteiger partial charge in [-0.1, -0.05) is 29.8 Å². The summed E-state index contributed by atoms with van der Waals surface area (Å²) in [4.78, 5) is 12.9. The monoisotopic (exact) mass is 206 g/mol. The molecule has 1 atom stereocenters. The average molecular weight is 206 g/mol. The van der Waals surface area contributed by atoms with Crippen LogP contribution in [0.25, 0.3) is 0 Å². The number of benzene rings is 1. The predicted molar refractivity (Wildman–Crippen MR) is 61.3 cm³/mol. The number of likely N-dealkylation sites (N-methyl/N-ethyl adjacent to an activating group) is 1. The van der Waals surface area contributed by atoms with Crippen molar-refractivity contribution >= 4 is 5.91 Å². The summed E-state index contributed by atoms with van der Waals surface area (Å²) in [6, 6.07) is 8.04. The second-order valence-corrected chi connectivity index (χ2v) is 3.98. The van der Waals surface area contributed by atoms with Crippen molar-refractivity contribution in [1.82, 2.24) is 4.90 Å². The molecule has 0 aliphatic heterocycles. The molecule has 0 heterocycles. The summed E-state index contributed by atoms with van der Waals surface area (Å²) in [6.07, 6.45) is 0. The van der Waals surface area contributed by atoms with Crippen LogP contribution in [0.15, 0.2) is 24.3 Å². The highest BCUT2D eigenvalue weighted by molar-refractivity contribution is 5.79. The summed E-state index contributed by atoms with van der Waals surface area (Å²) < 4.78 is 0. The molecule has 1 rings (SSSR count). The lowest BCUT2D eigenvalue weighted by atomic mass is 10.1. The minimum absolute atomic E-state index is 0.230. The number of rotatable bonds is 4. The molecule has 3 heteroatoms. The van der Waals surface area contributed by atoms with Crippen molar-refractivity contribution in [2.24, 2.45) is 5.73 Å². The Balaban J connectivity index is 2.62. The van der Waals surface area contributed by atoms with Crippen molar-refractivity contribution in [2.75, 3.05) is 7.05 Å². The summed E-state index contributed by atoms with van der Waals surface area (Å²) in [5.74, 6) is -0.287. The fourth-order valence-corrected chi connectivity index (χ4v) is 1.34. The maximum absolute atomic E-state index is 11.0. The third-order valence-corrected chi connectivity index (χ3v) is 2.63. The van der Waals surface area contributed by atoms with Crippen LogP contribution in [-0.2, 0) is 11.3 Å². The molecular weight excluding hydrogens is 188 g/mol. The molecule has 1 unspecified atom stereocenters. The van der Waals surface area contributed by atoms with Gasteiger partial charge in [0.05, 0.1) is 6.04 Å². The molecule has 0 radical (unpaired) electrons. The van der Waals surface area contributed by atoms with Crippen molar-refractivity contribution < 1.29 is 4.79 Å². The van der Waals surface area contributed by atoms with Crippen LogP contribution in [0, 0.1) is 6.92 Å². The van der Waals surface area contributed by atoms with Crippen molar-refractivity contribution in [3.8, 4) is 0 Å². The Labute approximate surface area is 90.9 Å². The second-order valence-electron chi connectivity index (χ2n) is 3.98. The SMILES string of the molecule is Cc1ccc(CN(C)C(C)C(N)=O)cc1. The average Bonchev–Trinajstić information content (AvgIpc) is 2.20. The van der Waals surface area contributed by atoms with Gasteiger partial charge in [0.1, 0.15) is 0 Å². The highest BCUT2D eigenvalue weighted by Crippen LogP contribution is 2.07. The minimum atomic E-state index is -0.287. The molecular formula is C12H18N2O. The number of primary amides is 1. The van der Waals surface area contributed by atoms with E-state index in [0.29, 0.717) is 0 Å². The first-order valence-electron chi connectivity index (χ1n) is 5.06. The normalized spacial score (nSPS) is 12.8. The zero-order chi connectivity index (χ0) is 11.4. The van der Waals surface area contributed by atoms with Crippen LogP contribution in [0.3, 0.4) is 0 Å². The lowest BCUT2D eigenvalue weighted by Gasteiger charge is -2.21. The molecule has 0 aromatic heterocycles. The van der Waals surface area contributed by atoms with Crippen LogP contribution in [-0.4, -0.2) is 23.9 Å². The third-order valence-electron chi connectivity index (χ3n) is 2.63. The molecule has 1 amide bonds. The molecule has 1 aromatic rings. The Morgan fingerprint density at radius 2 is 1.93 bits per heavy atom. The Kier molecular flexibility index (Phi) is 3.86. The molecule has 0 bridgehead atoms. The second kappa shape index (κ2) is 4.94. The van der Waals surface area contributed by atoms with E-state index in [1.54, 1.807) is 0 Å². The van der Waals surface area contributed by atoms with Gasteiger partial charge in [0.2, 0.25) is 5.91 Å². The minimum Gasteiger partial charge on any atom is -0.368 e. The van der Waals surface area contributed by atoms with E-state index in [2.05, 4.69) is 31.2 Å². The molecule has 0 spiro atoms. The van der Waals surface area contributed by atoms with E-state index in [9.17, 15) is 4.79 Å². The van der Waals surface area contributed by atoms with E-state index < -0.39 is 0 Å². The van der Waals surface area contributed by atoms with Gasteiger partial charge >= 0.3 is 0 Å². The standard InChI is InChI=1S/C12H18N2O/c1-9-4-6-11(7-5-9)8-14(3)10(2)12(13)15/h4-7,10H,8H2,1-3H3,(H2,13,15). The number of carbonyl (C=O) groups is 1. The molecule has 82 valence electrons. The van der Waals surface area contributed by atoms with Gasteiger partial charge in [0, 0.05) is 6.54 Å². The topological polar surface area (TPSA) is 46.3 Å². The summed E-state index contributed by atoms with van der Waals surface area (Å²) in [7, 11) is 1.90. The summed E-state index contributed by atoms with van der Waals surface area (Å²) in [5.41, 5.74) is 7.67. The van der Waals surface area contributed by atoms with Gasteiger partial charge in [0.15, 0.2) is 0 Å². The number of hydrogen-bond donors (Lipinski definition) is 1. The number of amides is 1. The summed E-state index contributed by atoms with van der Waals surface area (Å²) >= 11 is 0. The van der Waals surface area contributed by atoms with E-state index in [0.717, 1.165) is 6.54 Å².